The topological polar surface area (TPSA) is 51.9 Å². The molecule has 1 aliphatic carbocycles. The number of hydrogen-bond acceptors (Lipinski definition) is 5. The predicted octanol–water partition coefficient (Wildman–Crippen LogP) is 3.66. The first-order chi connectivity index (χ1) is 12.7. The van der Waals surface area contributed by atoms with Crippen molar-refractivity contribution in [3.8, 4) is 5.75 Å². The van der Waals surface area contributed by atoms with Crippen molar-refractivity contribution in [1.29, 1.82) is 0 Å². The molecule has 3 heterocycles. The normalized spacial score (nSPS) is 22.9. The van der Waals surface area contributed by atoms with Crippen molar-refractivity contribution < 1.29 is 13.9 Å². The minimum Gasteiger partial charge on any atom is -0.476 e. The van der Waals surface area contributed by atoms with Crippen LogP contribution in [-0.2, 0) is 24.1 Å². The summed E-state index contributed by atoms with van der Waals surface area (Å²) >= 11 is 6.53. The summed E-state index contributed by atoms with van der Waals surface area (Å²) in [4.78, 5) is 14.7. The molecule has 1 aromatic carbocycles. The summed E-state index contributed by atoms with van der Waals surface area (Å²) < 4.78 is 17.5. The molecule has 5 nitrogen and oxygen atoms in total. The highest BCUT2D eigenvalue weighted by Gasteiger charge is 2.29. The quantitative estimate of drug-likeness (QED) is 0.750. The number of rotatable bonds is 2. The van der Waals surface area contributed by atoms with E-state index < -0.39 is 0 Å². The Labute approximate surface area is 156 Å². The molecule has 0 bridgehead atoms. The summed E-state index contributed by atoms with van der Waals surface area (Å²) in [5.74, 6) is 0.654. The molecule has 0 N–H and O–H groups in total. The average Bonchev–Trinajstić information content (AvgIpc) is 3.16. The first-order valence-electron chi connectivity index (χ1n) is 9.47. The molecule has 0 unspecified atom stereocenters. The van der Waals surface area contributed by atoms with Crippen LogP contribution in [0.15, 0.2) is 15.3 Å². The van der Waals surface area contributed by atoms with Crippen molar-refractivity contribution in [3.05, 3.63) is 38.2 Å². The molecule has 5 rings (SSSR count). The third-order valence-corrected chi connectivity index (χ3v) is 6.05. The highest BCUT2D eigenvalue weighted by Crippen LogP contribution is 2.41. The van der Waals surface area contributed by atoms with Crippen LogP contribution in [0.1, 0.15) is 42.4 Å². The van der Waals surface area contributed by atoms with Gasteiger partial charge in [0.15, 0.2) is 0 Å². The van der Waals surface area contributed by atoms with E-state index in [2.05, 4.69) is 4.90 Å². The van der Waals surface area contributed by atoms with Gasteiger partial charge in [0.1, 0.15) is 18.1 Å². The fourth-order valence-electron chi connectivity index (χ4n) is 4.51. The van der Waals surface area contributed by atoms with Crippen molar-refractivity contribution in [2.24, 2.45) is 0 Å². The molecule has 0 radical (unpaired) electrons. The number of fused-ring (bicyclic) bond motifs is 5. The Morgan fingerprint density at radius 3 is 2.81 bits per heavy atom. The van der Waals surface area contributed by atoms with Crippen LogP contribution in [0.3, 0.4) is 0 Å². The van der Waals surface area contributed by atoms with Crippen LogP contribution in [0.25, 0.3) is 11.0 Å². The van der Waals surface area contributed by atoms with E-state index in [9.17, 15) is 4.79 Å². The molecule has 0 amide bonds. The fourth-order valence-corrected chi connectivity index (χ4v) is 4.79. The summed E-state index contributed by atoms with van der Waals surface area (Å²) in [5.41, 5.74) is 3.28. The lowest BCUT2D eigenvalue weighted by atomic mass is 9.90. The largest absolute Gasteiger partial charge is 0.476 e. The maximum absolute atomic E-state index is 12.5. The second-order valence-electron chi connectivity index (χ2n) is 7.52. The van der Waals surface area contributed by atoms with Gasteiger partial charge in [0.25, 0.3) is 0 Å². The second-order valence-corrected chi connectivity index (χ2v) is 7.92. The third-order valence-electron chi connectivity index (χ3n) is 5.77. The lowest BCUT2D eigenvalue weighted by molar-refractivity contribution is 0.0281. The number of hydrogen-bond donors (Lipinski definition) is 0. The molecule has 1 aromatic heterocycles. The van der Waals surface area contributed by atoms with Crippen LogP contribution in [0, 0.1) is 0 Å². The Kier molecular flexibility index (Phi) is 4.18. The van der Waals surface area contributed by atoms with Crippen LogP contribution >= 0.6 is 11.6 Å². The molecule has 1 atom stereocenters. The molecule has 138 valence electrons. The summed E-state index contributed by atoms with van der Waals surface area (Å²) in [6.07, 6.45) is 6.30. The molecule has 3 aliphatic rings. The van der Waals surface area contributed by atoms with Gasteiger partial charge in [-0.1, -0.05) is 11.6 Å². The maximum Gasteiger partial charge on any atom is 0.339 e. The van der Waals surface area contributed by atoms with Gasteiger partial charge in [-0.2, -0.15) is 0 Å². The molecular formula is C20H22ClNO4. The van der Waals surface area contributed by atoms with Crippen LogP contribution in [0.5, 0.6) is 5.75 Å². The van der Waals surface area contributed by atoms with Gasteiger partial charge in [-0.05, 0) is 50.2 Å². The highest BCUT2D eigenvalue weighted by molar-refractivity contribution is 6.33. The van der Waals surface area contributed by atoms with Crippen molar-refractivity contribution in [1.82, 2.24) is 4.90 Å². The Bertz CT molecular complexity index is 916. The van der Waals surface area contributed by atoms with E-state index in [4.69, 9.17) is 25.5 Å². The van der Waals surface area contributed by atoms with Gasteiger partial charge in [0, 0.05) is 30.6 Å². The van der Waals surface area contributed by atoms with Gasteiger partial charge in [-0.3, -0.25) is 4.90 Å². The van der Waals surface area contributed by atoms with E-state index in [1.807, 2.05) is 6.07 Å². The first kappa shape index (κ1) is 16.6. The van der Waals surface area contributed by atoms with Gasteiger partial charge < -0.3 is 13.9 Å². The zero-order valence-electron chi connectivity index (χ0n) is 14.7. The minimum absolute atomic E-state index is 0.201. The molecular weight excluding hydrogens is 354 g/mol. The van der Waals surface area contributed by atoms with Gasteiger partial charge in [0.2, 0.25) is 0 Å². The van der Waals surface area contributed by atoms with Crippen molar-refractivity contribution in [3.63, 3.8) is 0 Å². The standard InChI is InChI=1S/C20H22ClNO4/c21-17-8-15-13-5-1-2-6-14(13)20(23)26-18(15)16-10-22(11-25-19(16)17)9-12-4-3-7-24-12/h8,12H,1-7,9-11H2/t12-/m0/s1. The zero-order chi connectivity index (χ0) is 17.7. The molecule has 0 saturated carbocycles. The monoisotopic (exact) mass is 375 g/mol. The average molecular weight is 376 g/mol. The number of aryl methyl sites for hydroxylation is 1. The summed E-state index contributed by atoms with van der Waals surface area (Å²) in [5, 5.41) is 1.58. The summed E-state index contributed by atoms with van der Waals surface area (Å²) in [6.45, 7) is 2.80. The van der Waals surface area contributed by atoms with E-state index in [-0.39, 0.29) is 11.7 Å². The van der Waals surface area contributed by atoms with Crippen molar-refractivity contribution in [2.75, 3.05) is 19.9 Å². The van der Waals surface area contributed by atoms with E-state index in [1.165, 1.54) is 0 Å². The fraction of sp³-hybridized carbons (Fsp3) is 0.550. The van der Waals surface area contributed by atoms with Crippen LogP contribution in [0.4, 0.5) is 0 Å². The van der Waals surface area contributed by atoms with Crippen LogP contribution < -0.4 is 10.4 Å². The van der Waals surface area contributed by atoms with Gasteiger partial charge in [-0.25, -0.2) is 4.79 Å². The smallest absolute Gasteiger partial charge is 0.339 e. The number of benzene rings is 1. The predicted molar refractivity (Wildman–Crippen MR) is 99.0 cm³/mol. The molecule has 0 spiro atoms. The number of ether oxygens (including phenoxy) is 2. The highest BCUT2D eigenvalue weighted by atomic mass is 35.5. The molecule has 1 fully saturated rings. The van der Waals surface area contributed by atoms with E-state index >= 15 is 0 Å². The van der Waals surface area contributed by atoms with E-state index in [0.717, 1.165) is 73.8 Å². The number of halogens is 1. The van der Waals surface area contributed by atoms with Gasteiger partial charge >= 0.3 is 5.63 Å². The van der Waals surface area contributed by atoms with Gasteiger partial charge in [0.05, 0.1) is 16.7 Å². The molecule has 6 heteroatoms. The first-order valence-corrected chi connectivity index (χ1v) is 9.85. The molecule has 1 saturated heterocycles. The zero-order valence-corrected chi connectivity index (χ0v) is 15.4. The van der Waals surface area contributed by atoms with Gasteiger partial charge in [-0.15, -0.1) is 0 Å². The Hall–Kier alpha value is -1.56. The lowest BCUT2D eigenvalue weighted by Crippen LogP contribution is -2.37. The van der Waals surface area contributed by atoms with Crippen molar-refractivity contribution >= 4 is 22.6 Å². The molecule has 2 aliphatic heterocycles. The summed E-state index contributed by atoms with van der Waals surface area (Å²) in [6, 6.07) is 1.92. The van der Waals surface area contributed by atoms with Crippen molar-refractivity contribution in [2.45, 2.75) is 51.2 Å². The SMILES string of the molecule is O=c1oc2c3c(c(Cl)cc2c2c1CCCC2)OCN(C[C@@H]1CCCO1)C3. The second kappa shape index (κ2) is 6.55. The maximum atomic E-state index is 12.5. The Balaban J connectivity index is 1.59. The lowest BCUT2D eigenvalue weighted by Gasteiger charge is -2.31. The minimum atomic E-state index is -0.201. The Morgan fingerprint density at radius 1 is 1.15 bits per heavy atom. The molecule has 26 heavy (non-hydrogen) atoms. The number of nitrogens with zero attached hydrogens (tertiary/aromatic N) is 1. The summed E-state index contributed by atoms with van der Waals surface area (Å²) in [7, 11) is 0. The molecule has 2 aromatic rings. The van der Waals surface area contributed by atoms with E-state index in [0.29, 0.717) is 29.6 Å². The Morgan fingerprint density at radius 2 is 2.00 bits per heavy atom. The van der Waals surface area contributed by atoms with Crippen LogP contribution in [-0.4, -0.2) is 30.9 Å². The third kappa shape index (κ3) is 2.73. The van der Waals surface area contributed by atoms with E-state index in [1.54, 1.807) is 0 Å². The van der Waals surface area contributed by atoms with Crippen LogP contribution in [0.2, 0.25) is 5.02 Å².